The number of hydrogen-bond donors (Lipinski definition) is 1. The molecule has 0 aliphatic carbocycles. The van der Waals surface area contributed by atoms with Crippen LogP contribution in [0.2, 0.25) is 5.02 Å². The van der Waals surface area contributed by atoms with Gasteiger partial charge >= 0.3 is 0 Å². The van der Waals surface area contributed by atoms with Crippen molar-refractivity contribution in [2.75, 3.05) is 13.2 Å². The Balaban J connectivity index is 2.18. The highest BCUT2D eigenvalue weighted by Crippen LogP contribution is 2.32. The van der Waals surface area contributed by atoms with E-state index in [9.17, 15) is 4.39 Å². The number of rotatable bonds is 2. The number of halogens is 2. The third-order valence-corrected chi connectivity index (χ3v) is 3.44. The minimum absolute atomic E-state index is 0.202. The van der Waals surface area contributed by atoms with Crippen LogP contribution in [0.4, 0.5) is 4.39 Å². The molecule has 2 nitrogen and oxygen atoms in total. The van der Waals surface area contributed by atoms with Crippen LogP contribution in [0.3, 0.4) is 0 Å². The highest BCUT2D eigenvalue weighted by Gasteiger charge is 2.24. The van der Waals surface area contributed by atoms with Crippen molar-refractivity contribution >= 4 is 11.6 Å². The normalized spacial score (nSPS) is 19.7. The number of ether oxygens (including phenoxy) is 1. The molecular weight excluding hydrogens is 229 g/mol. The van der Waals surface area contributed by atoms with Gasteiger partial charge in [0.25, 0.3) is 0 Å². The number of nitrogens with two attached hydrogens (primary N) is 1. The van der Waals surface area contributed by atoms with Crippen molar-refractivity contribution in [3.63, 3.8) is 0 Å². The Morgan fingerprint density at radius 1 is 1.38 bits per heavy atom. The summed E-state index contributed by atoms with van der Waals surface area (Å²) in [5.41, 5.74) is 6.84. The minimum Gasteiger partial charge on any atom is -0.381 e. The van der Waals surface area contributed by atoms with Gasteiger partial charge in [0, 0.05) is 24.3 Å². The Kier molecular flexibility index (Phi) is 3.79. The summed E-state index contributed by atoms with van der Waals surface area (Å²) in [5, 5.41) is 0.542. The molecular formula is C12H15ClFNO. The lowest BCUT2D eigenvalue weighted by Crippen LogP contribution is -2.27. The van der Waals surface area contributed by atoms with Crippen molar-refractivity contribution in [1.82, 2.24) is 0 Å². The van der Waals surface area contributed by atoms with Gasteiger partial charge in [0.2, 0.25) is 0 Å². The predicted octanol–water partition coefficient (Wildman–Crippen LogP) is 2.91. The third-order valence-electron chi connectivity index (χ3n) is 3.09. The van der Waals surface area contributed by atoms with Gasteiger partial charge in [-0.3, -0.25) is 0 Å². The highest BCUT2D eigenvalue weighted by molar-refractivity contribution is 6.31. The summed E-state index contributed by atoms with van der Waals surface area (Å²) in [4.78, 5) is 0. The van der Waals surface area contributed by atoms with E-state index in [0.717, 1.165) is 26.1 Å². The molecule has 1 aliphatic rings. The summed E-state index contributed by atoms with van der Waals surface area (Å²) in [6.45, 7) is 1.45. The summed E-state index contributed by atoms with van der Waals surface area (Å²) in [6.07, 6.45) is 1.82. The first-order chi connectivity index (χ1) is 7.68. The molecule has 0 radical (unpaired) electrons. The van der Waals surface area contributed by atoms with Gasteiger partial charge < -0.3 is 10.5 Å². The zero-order chi connectivity index (χ0) is 11.5. The molecule has 2 N–H and O–H groups in total. The molecule has 4 heteroatoms. The lowest BCUT2D eigenvalue weighted by Gasteiger charge is -2.28. The fourth-order valence-electron chi connectivity index (χ4n) is 2.10. The van der Waals surface area contributed by atoms with E-state index in [1.165, 1.54) is 12.1 Å². The maximum absolute atomic E-state index is 13.1. The Hall–Kier alpha value is -0.640. The van der Waals surface area contributed by atoms with Crippen LogP contribution in [0.1, 0.15) is 24.4 Å². The number of hydrogen-bond acceptors (Lipinski definition) is 2. The maximum Gasteiger partial charge on any atom is 0.123 e. The largest absolute Gasteiger partial charge is 0.381 e. The van der Waals surface area contributed by atoms with E-state index in [1.807, 2.05) is 0 Å². The Morgan fingerprint density at radius 3 is 2.75 bits per heavy atom. The maximum atomic E-state index is 13.1. The third kappa shape index (κ3) is 2.54. The van der Waals surface area contributed by atoms with E-state index in [0.29, 0.717) is 16.5 Å². The van der Waals surface area contributed by atoms with Crippen LogP contribution in [-0.2, 0) is 4.74 Å². The van der Waals surface area contributed by atoms with Gasteiger partial charge in [0.05, 0.1) is 0 Å². The van der Waals surface area contributed by atoms with Gasteiger partial charge in [-0.25, -0.2) is 4.39 Å². The van der Waals surface area contributed by atoms with E-state index < -0.39 is 0 Å². The van der Waals surface area contributed by atoms with Crippen LogP contribution in [0.5, 0.6) is 0 Å². The minimum atomic E-state index is -0.290. The van der Waals surface area contributed by atoms with Crippen LogP contribution >= 0.6 is 11.6 Å². The van der Waals surface area contributed by atoms with Crippen LogP contribution in [0.25, 0.3) is 0 Å². The first-order valence-electron chi connectivity index (χ1n) is 5.47. The second-order valence-electron chi connectivity index (χ2n) is 4.14. The molecule has 0 aromatic heterocycles. The molecule has 1 saturated heterocycles. The molecule has 0 amide bonds. The molecule has 0 unspecified atom stereocenters. The van der Waals surface area contributed by atoms with Crippen molar-refractivity contribution in [2.24, 2.45) is 11.7 Å². The first kappa shape index (κ1) is 11.8. The zero-order valence-electron chi connectivity index (χ0n) is 8.96. The Morgan fingerprint density at radius 2 is 2.06 bits per heavy atom. The Labute approximate surface area is 99.5 Å². The molecule has 0 bridgehead atoms. The van der Waals surface area contributed by atoms with Gasteiger partial charge in [-0.05, 0) is 42.5 Å². The average molecular weight is 244 g/mol. The summed E-state index contributed by atoms with van der Waals surface area (Å²) >= 11 is 6.03. The number of benzene rings is 1. The highest BCUT2D eigenvalue weighted by atomic mass is 35.5. The van der Waals surface area contributed by atoms with Crippen LogP contribution in [-0.4, -0.2) is 13.2 Å². The van der Waals surface area contributed by atoms with Crippen molar-refractivity contribution in [3.05, 3.63) is 34.6 Å². The van der Waals surface area contributed by atoms with Crippen molar-refractivity contribution in [3.8, 4) is 0 Å². The fraction of sp³-hybridized carbons (Fsp3) is 0.500. The molecule has 1 aromatic carbocycles. The van der Waals surface area contributed by atoms with Crippen LogP contribution in [0.15, 0.2) is 18.2 Å². The summed E-state index contributed by atoms with van der Waals surface area (Å²) < 4.78 is 18.4. The molecule has 16 heavy (non-hydrogen) atoms. The molecule has 0 spiro atoms. The van der Waals surface area contributed by atoms with E-state index in [4.69, 9.17) is 22.1 Å². The Bertz CT molecular complexity index is 366. The molecule has 1 aromatic rings. The average Bonchev–Trinajstić information content (AvgIpc) is 2.32. The molecule has 1 atom stereocenters. The topological polar surface area (TPSA) is 35.2 Å². The van der Waals surface area contributed by atoms with Gasteiger partial charge in [0.1, 0.15) is 5.82 Å². The smallest absolute Gasteiger partial charge is 0.123 e. The van der Waals surface area contributed by atoms with Crippen molar-refractivity contribution in [2.45, 2.75) is 18.9 Å². The molecule has 1 fully saturated rings. The van der Waals surface area contributed by atoms with Gasteiger partial charge in [-0.1, -0.05) is 11.6 Å². The second kappa shape index (κ2) is 5.13. The fourth-order valence-corrected chi connectivity index (χ4v) is 2.34. The summed E-state index contributed by atoms with van der Waals surface area (Å²) in [6, 6.07) is 4.14. The SMILES string of the molecule is N[C@H](c1cc(F)ccc1Cl)C1CCOCC1. The monoisotopic (exact) mass is 243 g/mol. The van der Waals surface area contributed by atoms with Gasteiger partial charge in [0.15, 0.2) is 0 Å². The molecule has 1 aliphatic heterocycles. The summed E-state index contributed by atoms with van der Waals surface area (Å²) in [5.74, 6) is 0.0370. The molecule has 88 valence electrons. The van der Waals surface area contributed by atoms with E-state index in [2.05, 4.69) is 0 Å². The first-order valence-corrected chi connectivity index (χ1v) is 5.84. The summed E-state index contributed by atoms with van der Waals surface area (Å²) in [7, 11) is 0. The second-order valence-corrected chi connectivity index (χ2v) is 4.55. The van der Waals surface area contributed by atoms with Gasteiger partial charge in [-0.2, -0.15) is 0 Å². The molecule has 2 rings (SSSR count). The van der Waals surface area contributed by atoms with E-state index >= 15 is 0 Å². The lowest BCUT2D eigenvalue weighted by atomic mass is 9.88. The van der Waals surface area contributed by atoms with Crippen molar-refractivity contribution in [1.29, 1.82) is 0 Å². The predicted molar refractivity (Wildman–Crippen MR) is 61.9 cm³/mol. The van der Waals surface area contributed by atoms with Gasteiger partial charge in [-0.15, -0.1) is 0 Å². The standard InChI is InChI=1S/C12H15ClFNO/c13-11-2-1-9(14)7-10(11)12(15)8-3-5-16-6-4-8/h1-2,7-8,12H,3-6,15H2/t12-/m0/s1. The quantitative estimate of drug-likeness (QED) is 0.867. The van der Waals surface area contributed by atoms with E-state index in [-0.39, 0.29) is 11.9 Å². The zero-order valence-corrected chi connectivity index (χ0v) is 9.71. The lowest BCUT2D eigenvalue weighted by molar-refractivity contribution is 0.0583. The van der Waals surface area contributed by atoms with Crippen LogP contribution in [0, 0.1) is 11.7 Å². The van der Waals surface area contributed by atoms with Crippen molar-refractivity contribution < 1.29 is 9.13 Å². The molecule has 1 heterocycles. The molecule has 0 saturated carbocycles. The van der Waals surface area contributed by atoms with Crippen LogP contribution < -0.4 is 5.73 Å². The van der Waals surface area contributed by atoms with E-state index in [1.54, 1.807) is 6.07 Å².